The molecule has 0 amide bonds. The molecule has 12 heavy (non-hydrogen) atoms. The third-order valence-electron chi connectivity index (χ3n) is 1.38. The van der Waals surface area contributed by atoms with Gasteiger partial charge in [-0.15, -0.1) is 5.10 Å². The van der Waals surface area contributed by atoms with E-state index in [9.17, 15) is 0 Å². The van der Waals surface area contributed by atoms with Crippen LogP contribution in [0.5, 0.6) is 0 Å². The number of aromatic nitrogens is 2. The van der Waals surface area contributed by atoms with Gasteiger partial charge in [-0.1, -0.05) is 0 Å². The third-order valence-corrected chi connectivity index (χ3v) is 1.38. The van der Waals surface area contributed by atoms with E-state index in [4.69, 9.17) is 5.11 Å². The van der Waals surface area contributed by atoms with E-state index in [0.717, 1.165) is 5.69 Å². The molecule has 0 aliphatic heterocycles. The fourth-order valence-corrected chi connectivity index (χ4v) is 0.745. The fourth-order valence-electron chi connectivity index (χ4n) is 0.745. The van der Waals surface area contributed by atoms with Gasteiger partial charge in [0.2, 0.25) is 0 Å². The summed E-state index contributed by atoms with van der Waals surface area (Å²) < 4.78 is 0. The van der Waals surface area contributed by atoms with E-state index < -0.39 is 0 Å². The largest absolute Gasteiger partial charge is 0.392 e. The molecule has 0 spiro atoms. The van der Waals surface area contributed by atoms with Gasteiger partial charge in [-0.25, -0.2) is 0 Å². The molecule has 1 atom stereocenters. The van der Waals surface area contributed by atoms with Crippen molar-refractivity contribution in [3.05, 3.63) is 17.8 Å². The van der Waals surface area contributed by atoms with Crippen LogP contribution in [-0.2, 0) is 0 Å². The summed E-state index contributed by atoms with van der Waals surface area (Å²) >= 11 is 0. The second-order valence-electron chi connectivity index (χ2n) is 2.79. The lowest BCUT2D eigenvalue weighted by molar-refractivity contribution is 0.208. The number of anilines is 1. The summed E-state index contributed by atoms with van der Waals surface area (Å²) in [6.45, 7) is 4.10. The lowest BCUT2D eigenvalue weighted by Crippen LogP contribution is -2.16. The Kier molecular flexibility index (Phi) is 2.99. The van der Waals surface area contributed by atoms with Crippen molar-refractivity contribution in [1.29, 1.82) is 0 Å². The Labute approximate surface area is 71.6 Å². The maximum Gasteiger partial charge on any atom is 0.148 e. The van der Waals surface area contributed by atoms with E-state index in [-0.39, 0.29) is 6.10 Å². The van der Waals surface area contributed by atoms with Gasteiger partial charge in [-0.05, 0) is 26.0 Å². The number of aryl methyl sites for hydroxylation is 1. The quantitative estimate of drug-likeness (QED) is 0.691. The van der Waals surface area contributed by atoms with Gasteiger partial charge in [0, 0.05) is 6.54 Å². The number of hydrogen-bond acceptors (Lipinski definition) is 4. The van der Waals surface area contributed by atoms with Gasteiger partial charge >= 0.3 is 0 Å². The molecule has 1 unspecified atom stereocenters. The molecule has 0 bridgehead atoms. The molecule has 0 fully saturated rings. The normalized spacial score (nSPS) is 12.6. The van der Waals surface area contributed by atoms with E-state index in [1.165, 1.54) is 0 Å². The highest BCUT2D eigenvalue weighted by molar-refractivity contribution is 5.32. The Balaban J connectivity index is 2.48. The molecule has 0 aromatic carbocycles. The zero-order valence-corrected chi connectivity index (χ0v) is 7.28. The van der Waals surface area contributed by atoms with Crippen molar-refractivity contribution in [2.45, 2.75) is 20.0 Å². The average Bonchev–Trinajstić information content (AvgIpc) is 2.03. The van der Waals surface area contributed by atoms with E-state index in [2.05, 4.69) is 15.5 Å². The molecule has 0 saturated heterocycles. The summed E-state index contributed by atoms with van der Waals surface area (Å²) in [7, 11) is 0. The lowest BCUT2D eigenvalue weighted by Gasteiger charge is -2.05. The molecule has 1 heterocycles. The SMILES string of the molecule is Cc1ccc(NCC(C)O)nn1. The van der Waals surface area contributed by atoms with Crippen LogP contribution in [0, 0.1) is 6.92 Å². The maximum atomic E-state index is 8.96. The van der Waals surface area contributed by atoms with Crippen LogP contribution in [0.1, 0.15) is 12.6 Å². The van der Waals surface area contributed by atoms with E-state index in [1.54, 1.807) is 6.92 Å². The minimum absolute atomic E-state index is 0.367. The molecular formula is C8H13N3O. The second-order valence-corrected chi connectivity index (χ2v) is 2.79. The Morgan fingerprint density at radius 2 is 2.25 bits per heavy atom. The van der Waals surface area contributed by atoms with E-state index in [1.807, 2.05) is 19.1 Å². The van der Waals surface area contributed by atoms with Gasteiger partial charge in [-0.3, -0.25) is 0 Å². The van der Waals surface area contributed by atoms with Crippen molar-refractivity contribution in [3.63, 3.8) is 0 Å². The first-order valence-electron chi connectivity index (χ1n) is 3.91. The molecule has 0 radical (unpaired) electrons. The Morgan fingerprint density at radius 3 is 2.75 bits per heavy atom. The highest BCUT2D eigenvalue weighted by atomic mass is 16.3. The van der Waals surface area contributed by atoms with Gasteiger partial charge in [0.15, 0.2) is 0 Å². The molecule has 4 heteroatoms. The highest BCUT2D eigenvalue weighted by Crippen LogP contribution is 2.00. The third kappa shape index (κ3) is 2.84. The predicted molar refractivity (Wildman–Crippen MR) is 46.9 cm³/mol. The van der Waals surface area contributed by atoms with Crippen molar-refractivity contribution in [1.82, 2.24) is 10.2 Å². The summed E-state index contributed by atoms with van der Waals surface area (Å²) in [6.07, 6.45) is -0.367. The van der Waals surface area contributed by atoms with Gasteiger partial charge in [0.25, 0.3) is 0 Å². The molecular weight excluding hydrogens is 154 g/mol. The standard InChI is InChI=1S/C8H13N3O/c1-6-3-4-8(11-10-6)9-5-7(2)12/h3-4,7,12H,5H2,1-2H3,(H,9,11). The molecule has 1 aromatic heterocycles. The number of nitrogens with zero attached hydrogens (tertiary/aromatic N) is 2. The Morgan fingerprint density at radius 1 is 1.50 bits per heavy atom. The summed E-state index contributed by atoms with van der Waals surface area (Å²) in [5.74, 6) is 0.696. The zero-order chi connectivity index (χ0) is 8.97. The van der Waals surface area contributed by atoms with Crippen molar-refractivity contribution >= 4 is 5.82 Å². The number of aliphatic hydroxyl groups is 1. The van der Waals surface area contributed by atoms with Gasteiger partial charge in [0.1, 0.15) is 5.82 Å². The average molecular weight is 167 g/mol. The molecule has 1 rings (SSSR count). The van der Waals surface area contributed by atoms with Gasteiger partial charge in [0.05, 0.1) is 11.8 Å². The van der Waals surface area contributed by atoms with Crippen molar-refractivity contribution in [2.24, 2.45) is 0 Å². The molecule has 0 aliphatic rings. The minimum Gasteiger partial charge on any atom is -0.392 e. The monoisotopic (exact) mass is 167 g/mol. The molecule has 0 aliphatic carbocycles. The van der Waals surface area contributed by atoms with E-state index in [0.29, 0.717) is 12.4 Å². The lowest BCUT2D eigenvalue weighted by atomic mass is 10.4. The smallest absolute Gasteiger partial charge is 0.148 e. The van der Waals surface area contributed by atoms with Crippen LogP contribution in [0.2, 0.25) is 0 Å². The van der Waals surface area contributed by atoms with Crippen LogP contribution in [0.25, 0.3) is 0 Å². The number of nitrogens with one attached hydrogen (secondary N) is 1. The van der Waals surface area contributed by atoms with Gasteiger partial charge < -0.3 is 10.4 Å². The van der Waals surface area contributed by atoms with Gasteiger partial charge in [-0.2, -0.15) is 5.10 Å². The Bertz CT molecular complexity index is 233. The summed E-state index contributed by atoms with van der Waals surface area (Å²) in [5.41, 5.74) is 0.887. The maximum absolute atomic E-state index is 8.96. The van der Waals surface area contributed by atoms with Crippen molar-refractivity contribution < 1.29 is 5.11 Å². The molecule has 4 nitrogen and oxygen atoms in total. The summed E-state index contributed by atoms with van der Waals surface area (Å²) in [5, 5.41) is 19.6. The second kappa shape index (κ2) is 4.01. The topological polar surface area (TPSA) is 58.0 Å². The zero-order valence-electron chi connectivity index (χ0n) is 7.28. The molecule has 0 saturated carbocycles. The van der Waals surface area contributed by atoms with Crippen LogP contribution in [-0.4, -0.2) is 28.0 Å². The first-order chi connectivity index (χ1) is 5.68. The van der Waals surface area contributed by atoms with E-state index >= 15 is 0 Å². The number of rotatable bonds is 3. The van der Waals surface area contributed by atoms with Crippen molar-refractivity contribution in [2.75, 3.05) is 11.9 Å². The number of hydrogen-bond donors (Lipinski definition) is 2. The van der Waals surface area contributed by atoms with Crippen LogP contribution >= 0.6 is 0 Å². The highest BCUT2D eigenvalue weighted by Gasteiger charge is 1.96. The van der Waals surface area contributed by atoms with Crippen LogP contribution < -0.4 is 5.32 Å². The first-order valence-corrected chi connectivity index (χ1v) is 3.91. The minimum atomic E-state index is -0.367. The molecule has 66 valence electrons. The number of aliphatic hydroxyl groups excluding tert-OH is 1. The summed E-state index contributed by atoms with van der Waals surface area (Å²) in [6, 6.07) is 3.71. The van der Waals surface area contributed by atoms with Crippen LogP contribution in [0.4, 0.5) is 5.82 Å². The Hall–Kier alpha value is -1.16. The first kappa shape index (κ1) is 8.93. The predicted octanol–water partition coefficient (Wildman–Crippen LogP) is 0.578. The fraction of sp³-hybridized carbons (Fsp3) is 0.500. The molecule has 1 aromatic rings. The van der Waals surface area contributed by atoms with Crippen LogP contribution in [0.15, 0.2) is 12.1 Å². The molecule has 2 N–H and O–H groups in total. The summed E-state index contributed by atoms with van der Waals surface area (Å²) in [4.78, 5) is 0. The van der Waals surface area contributed by atoms with Crippen LogP contribution in [0.3, 0.4) is 0 Å². The van der Waals surface area contributed by atoms with Crippen molar-refractivity contribution in [3.8, 4) is 0 Å².